The summed E-state index contributed by atoms with van der Waals surface area (Å²) in [5.74, 6) is 0.186. The molecule has 2 heterocycles. The molecule has 4 nitrogen and oxygen atoms in total. The van der Waals surface area contributed by atoms with E-state index in [4.69, 9.17) is 16.3 Å². The van der Waals surface area contributed by atoms with Crippen molar-refractivity contribution in [3.63, 3.8) is 0 Å². The van der Waals surface area contributed by atoms with Crippen molar-refractivity contribution in [1.82, 2.24) is 9.55 Å². The molecule has 26 heavy (non-hydrogen) atoms. The van der Waals surface area contributed by atoms with Gasteiger partial charge in [-0.25, -0.2) is 9.37 Å². The number of ether oxygens (including phenoxy) is 1. The average Bonchev–Trinajstić information content (AvgIpc) is 3.16. The lowest BCUT2D eigenvalue weighted by Gasteiger charge is -2.15. The molecule has 4 rings (SSSR count). The number of rotatable bonds is 4. The molecule has 1 aliphatic rings. The van der Waals surface area contributed by atoms with Crippen LogP contribution in [0, 0.1) is 5.82 Å². The van der Waals surface area contributed by atoms with Gasteiger partial charge < -0.3 is 4.74 Å². The molecule has 2 aromatic carbocycles. The topological polar surface area (TPSA) is 44.1 Å². The summed E-state index contributed by atoms with van der Waals surface area (Å²) in [4.78, 5) is 17.7. The molecule has 0 aliphatic carbocycles. The standard InChI is InChI=1S/C19H16ClFN2O2S/c20-15-10-12(7-8-16(15)21)23-18(24)14-5-1-2-6-17(14)22-19(23)26-11-13-4-3-9-25-13/h1-2,5-8,10,13H,3-4,9,11H2. The Morgan fingerprint density at radius 1 is 1.31 bits per heavy atom. The average molecular weight is 391 g/mol. The minimum atomic E-state index is -0.522. The minimum Gasteiger partial charge on any atom is -0.377 e. The smallest absolute Gasteiger partial charge is 0.266 e. The second kappa shape index (κ2) is 7.39. The predicted octanol–water partition coefficient (Wildman–Crippen LogP) is 4.45. The van der Waals surface area contributed by atoms with Crippen LogP contribution >= 0.6 is 23.4 Å². The van der Waals surface area contributed by atoms with E-state index in [-0.39, 0.29) is 16.7 Å². The van der Waals surface area contributed by atoms with E-state index in [0.29, 0.717) is 27.5 Å². The van der Waals surface area contributed by atoms with Crippen molar-refractivity contribution in [1.29, 1.82) is 0 Å². The van der Waals surface area contributed by atoms with Crippen molar-refractivity contribution < 1.29 is 9.13 Å². The van der Waals surface area contributed by atoms with E-state index in [0.717, 1.165) is 19.4 Å². The van der Waals surface area contributed by atoms with Gasteiger partial charge in [0.2, 0.25) is 0 Å². The van der Waals surface area contributed by atoms with Crippen molar-refractivity contribution in [3.05, 3.63) is 63.7 Å². The third-order valence-electron chi connectivity index (χ3n) is 4.33. The molecule has 1 atom stereocenters. The predicted molar refractivity (Wildman–Crippen MR) is 102 cm³/mol. The summed E-state index contributed by atoms with van der Waals surface area (Å²) in [5, 5.41) is 1.03. The van der Waals surface area contributed by atoms with Gasteiger partial charge in [-0.05, 0) is 43.2 Å². The van der Waals surface area contributed by atoms with Gasteiger partial charge in [0.1, 0.15) is 5.82 Å². The lowest BCUT2D eigenvalue weighted by molar-refractivity contribution is 0.129. The normalized spacial score (nSPS) is 17.1. The van der Waals surface area contributed by atoms with E-state index < -0.39 is 5.82 Å². The maximum absolute atomic E-state index is 13.6. The van der Waals surface area contributed by atoms with Crippen LogP contribution in [0.25, 0.3) is 16.6 Å². The van der Waals surface area contributed by atoms with Crippen LogP contribution in [0.5, 0.6) is 0 Å². The van der Waals surface area contributed by atoms with Crippen molar-refractivity contribution in [2.75, 3.05) is 12.4 Å². The van der Waals surface area contributed by atoms with Crippen molar-refractivity contribution in [3.8, 4) is 5.69 Å². The van der Waals surface area contributed by atoms with Gasteiger partial charge in [-0.15, -0.1) is 0 Å². The van der Waals surface area contributed by atoms with Crippen LogP contribution in [0.3, 0.4) is 0 Å². The summed E-state index contributed by atoms with van der Waals surface area (Å²) in [6, 6.07) is 11.4. The maximum atomic E-state index is 13.6. The first-order chi connectivity index (χ1) is 12.6. The fraction of sp³-hybridized carbons (Fsp3) is 0.263. The Kier molecular flexibility index (Phi) is 4.98. The summed E-state index contributed by atoms with van der Waals surface area (Å²) >= 11 is 7.40. The number of fused-ring (bicyclic) bond motifs is 1. The highest BCUT2D eigenvalue weighted by Crippen LogP contribution is 2.26. The Hall–Kier alpha value is -1.89. The van der Waals surface area contributed by atoms with Gasteiger partial charge in [0, 0.05) is 12.4 Å². The SMILES string of the molecule is O=c1c2ccccc2nc(SCC2CCCO2)n1-c1ccc(F)c(Cl)c1. The van der Waals surface area contributed by atoms with Crippen LogP contribution in [0.1, 0.15) is 12.8 Å². The molecule has 0 saturated carbocycles. The molecule has 3 aromatic rings. The molecule has 1 saturated heterocycles. The van der Waals surface area contributed by atoms with Crippen LogP contribution in [-0.2, 0) is 4.74 Å². The van der Waals surface area contributed by atoms with E-state index >= 15 is 0 Å². The van der Waals surface area contributed by atoms with Crippen molar-refractivity contribution in [2.24, 2.45) is 0 Å². The molecule has 0 amide bonds. The summed E-state index contributed by atoms with van der Waals surface area (Å²) in [6.07, 6.45) is 2.22. The molecule has 1 unspecified atom stereocenters. The van der Waals surface area contributed by atoms with Gasteiger partial charge in [0.05, 0.1) is 27.7 Å². The molecular weight excluding hydrogens is 375 g/mol. The summed E-state index contributed by atoms with van der Waals surface area (Å²) in [5.41, 5.74) is 0.930. The second-order valence-electron chi connectivity index (χ2n) is 6.10. The Balaban J connectivity index is 1.84. The van der Waals surface area contributed by atoms with Gasteiger partial charge in [-0.2, -0.15) is 0 Å². The van der Waals surface area contributed by atoms with Gasteiger partial charge >= 0.3 is 0 Å². The van der Waals surface area contributed by atoms with E-state index in [2.05, 4.69) is 4.98 Å². The Morgan fingerprint density at radius 3 is 2.92 bits per heavy atom. The first-order valence-electron chi connectivity index (χ1n) is 8.35. The maximum Gasteiger partial charge on any atom is 0.266 e. The van der Waals surface area contributed by atoms with Gasteiger partial charge in [0.15, 0.2) is 5.16 Å². The third-order valence-corrected chi connectivity index (χ3v) is 5.69. The lowest BCUT2D eigenvalue weighted by atomic mass is 10.2. The number of hydrogen-bond acceptors (Lipinski definition) is 4. The summed E-state index contributed by atoms with van der Waals surface area (Å²) in [6.45, 7) is 0.775. The monoisotopic (exact) mass is 390 g/mol. The number of para-hydroxylation sites is 1. The lowest BCUT2D eigenvalue weighted by Crippen LogP contribution is -2.22. The molecule has 0 N–H and O–H groups in total. The molecule has 0 bridgehead atoms. The Morgan fingerprint density at radius 2 is 2.15 bits per heavy atom. The zero-order chi connectivity index (χ0) is 18.1. The van der Waals surface area contributed by atoms with E-state index in [1.165, 1.54) is 34.5 Å². The highest BCUT2D eigenvalue weighted by atomic mass is 35.5. The Bertz CT molecular complexity index is 1020. The van der Waals surface area contributed by atoms with Gasteiger partial charge in [0.25, 0.3) is 5.56 Å². The molecule has 1 fully saturated rings. The second-order valence-corrected chi connectivity index (χ2v) is 7.49. The molecule has 1 aromatic heterocycles. The zero-order valence-electron chi connectivity index (χ0n) is 13.8. The summed E-state index contributed by atoms with van der Waals surface area (Å²) < 4.78 is 20.7. The highest BCUT2D eigenvalue weighted by Gasteiger charge is 2.19. The van der Waals surface area contributed by atoms with Crippen molar-refractivity contribution >= 4 is 34.3 Å². The zero-order valence-corrected chi connectivity index (χ0v) is 15.4. The van der Waals surface area contributed by atoms with Crippen molar-refractivity contribution in [2.45, 2.75) is 24.1 Å². The minimum absolute atomic E-state index is 0.0300. The van der Waals surface area contributed by atoms with Crippen LogP contribution < -0.4 is 5.56 Å². The number of nitrogens with zero attached hydrogens (tertiary/aromatic N) is 2. The first-order valence-corrected chi connectivity index (χ1v) is 9.71. The Labute approximate surface area is 159 Å². The molecule has 1 aliphatic heterocycles. The molecule has 0 radical (unpaired) electrons. The largest absolute Gasteiger partial charge is 0.377 e. The summed E-state index contributed by atoms with van der Waals surface area (Å²) in [7, 11) is 0. The van der Waals surface area contributed by atoms with E-state index in [1.807, 2.05) is 12.1 Å². The molecule has 134 valence electrons. The number of benzene rings is 2. The number of aromatic nitrogens is 2. The molecule has 7 heteroatoms. The number of halogens is 2. The fourth-order valence-electron chi connectivity index (χ4n) is 3.00. The highest BCUT2D eigenvalue weighted by molar-refractivity contribution is 7.99. The molecular formula is C19H16ClFN2O2S. The third kappa shape index (κ3) is 3.37. The van der Waals surface area contributed by atoms with Crippen LogP contribution in [0.4, 0.5) is 4.39 Å². The van der Waals surface area contributed by atoms with Crippen LogP contribution in [-0.4, -0.2) is 28.0 Å². The van der Waals surface area contributed by atoms with E-state index in [1.54, 1.807) is 12.1 Å². The quantitative estimate of drug-likeness (QED) is 0.487. The number of thioether (sulfide) groups is 1. The van der Waals surface area contributed by atoms with Gasteiger partial charge in [-0.3, -0.25) is 9.36 Å². The number of hydrogen-bond donors (Lipinski definition) is 0. The van der Waals surface area contributed by atoms with Crippen LogP contribution in [0.2, 0.25) is 5.02 Å². The van der Waals surface area contributed by atoms with E-state index in [9.17, 15) is 9.18 Å². The van der Waals surface area contributed by atoms with Gasteiger partial charge in [-0.1, -0.05) is 35.5 Å². The molecule has 0 spiro atoms. The van der Waals surface area contributed by atoms with Crippen LogP contribution in [0.15, 0.2) is 52.4 Å². The first kappa shape index (κ1) is 17.5. The fourth-order valence-corrected chi connectivity index (χ4v) is 4.26.